The van der Waals surface area contributed by atoms with Crippen molar-refractivity contribution in [1.82, 2.24) is 0 Å². The van der Waals surface area contributed by atoms with E-state index < -0.39 is 5.60 Å². The minimum Gasteiger partial charge on any atom is -0.424 e. The van der Waals surface area contributed by atoms with Crippen LogP contribution < -0.4 is 0 Å². The largest absolute Gasteiger partial charge is 0.424 e. The number of hydrogen-bond acceptors (Lipinski definition) is 6. The van der Waals surface area contributed by atoms with E-state index >= 15 is 0 Å². The van der Waals surface area contributed by atoms with Crippen molar-refractivity contribution in [3.8, 4) is 24.7 Å². The van der Waals surface area contributed by atoms with Gasteiger partial charge in [-0.25, -0.2) is 0 Å². The van der Waals surface area contributed by atoms with Crippen LogP contribution in [0.2, 0.25) is 0 Å². The molecule has 6 nitrogen and oxygen atoms in total. The van der Waals surface area contributed by atoms with E-state index in [1.807, 2.05) is 19.9 Å². The molecule has 0 aliphatic rings. The van der Waals surface area contributed by atoms with Crippen LogP contribution in [0.15, 0.2) is 0 Å². The number of rotatable bonds is 12. The first-order chi connectivity index (χ1) is 10.1. The molecule has 1 unspecified atom stereocenters. The molecule has 1 atom stereocenters. The molecule has 0 radical (unpaired) electrons. The van der Waals surface area contributed by atoms with Crippen molar-refractivity contribution in [2.45, 2.75) is 38.4 Å². The summed E-state index contributed by atoms with van der Waals surface area (Å²) in [6.45, 7) is 4.81. The molecule has 0 aromatic rings. The molecule has 0 N–H and O–H groups in total. The molecular formula is C15H22N2O4. The Morgan fingerprint density at radius 2 is 1.67 bits per heavy atom. The summed E-state index contributed by atoms with van der Waals surface area (Å²) in [6, 6.07) is 1.99. The Balaban J connectivity index is 4.64. The average Bonchev–Trinajstić information content (AvgIpc) is 2.45. The average molecular weight is 294 g/mol. The molecule has 0 rings (SSSR count). The Labute approximate surface area is 126 Å². The highest BCUT2D eigenvalue weighted by Crippen LogP contribution is 2.17. The monoisotopic (exact) mass is 294 g/mol. The summed E-state index contributed by atoms with van der Waals surface area (Å²) >= 11 is 0. The number of nitrogens with zero attached hydrogens (tertiary/aromatic N) is 2. The Bertz CT molecular complexity index is 368. The van der Waals surface area contributed by atoms with Gasteiger partial charge in [-0.1, -0.05) is 0 Å². The van der Waals surface area contributed by atoms with Gasteiger partial charge in [0, 0.05) is 6.42 Å². The van der Waals surface area contributed by atoms with E-state index in [1.165, 1.54) is 0 Å². The number of terminal acetylenes is 1. The van der Waals surface area contributed by atoms with Gasteiger partial charge < -0.3 is 18.9 Å². The fourth-order valence-electron chi connectivity index (χ4n) is 1.66. The van der Waals surface area contributed by atoms with Crippen LogP contribution in [0.3, 0.4) is 0 Å². The molecule has 0 amide bonds. The lowest BCUT2D eigenvalue weighted by Gasteiger charge is -2.33. The minimum absolute atomic E-state index is 0.0181. The predicted molar refractivity (Wildman–Crippen MR) is 75.8 cm³/mol. The van der Waals surface area contributed by atoms with Crippen molar-refractivity contribution in [3.05, 3.63) is 0 Å². The number of ether oxygens (including phenoxy) is 4. The zero-order chi connectivity index (χ0) is 16.0. The lowest BCUT2D eigenvalue weighted by Crippen LogP contribution is -2.48. The molecule has 0 heterocycles. The Kier molecular flexibility index (Phi) is 11.0. The first-order valence-corrected chi connectivity index (χ1v) is 6.75. The zero-order valence-electron chi connectivity index (χ0n) is 12.6. The van der Waals surface area contributed by atoms with E-state index in [1.54, 1.807) is 6.26 Å². The molecule has 6 heteroatoms. The van der Waals surface area contributed by atoms with Crippen molar-refractivity contribution in [2.75, 3.05) is 33.0 Å². The van der Waals surface area contributed by atoms with Crippen LogP contribution in [-0.4, -0.2) is 44.7 Å². The molecule has 116 valence electrons. The third-order valence-corrected chi connectivity index (χ3v) is 2.36. The van der Waals surface area contributed by atoms with Gasteiger partial charge in [0.2, 0.25) is 0 Å². The van der Waals surface area contributed by atoms with Gasteiger partial charge in [0.25, 0.3) is 6.26 Å². The normalized spacial score (nSPS) is 13.0. The molecule has 0 aliphatic heterocycles. The van der Waals surface area contributed by atoms with Crippen LogP contribution in [0, 0.1) is 35.2 Å². The molecule has 0 fully saturated rings. The highest BCUT2D eigenvalue weighted by atomic mass is 16.6. The van der Waals surface area contributed by atoms with Crippen molar-refractivity contribution in [3.63, 3.8) is 0 Å². The lowest BCUT2D eigenvalue weighted by atomic mass is 10.1. The third kappa shape index (κ3) is 9.71. The van der Waals surface area contributed by atoms with Gasteiger partial charge in [-0.2, -0.15) is 10.5 Å². The van der Waals surface area contributed by atoms with Gasteiger partial charge in [0.05, 0.1) is 45.0 Å². The summed E-state index contributed by atoms with van der Waals surface area (Å²) in [5.41, 5.74) is -0.895. The third-order valence-electron chi connectivity index (χ3n) is 2.36. The highest BCUT2D eigenvalue weighted by molar-refractivity contribution is 4.85. The maximum Gasteiger partial charge on any atom is 0.286 e. The minimum atomic E-state index is -0.895. The van der Waals surface area contributed by atoms with E-state index in [4.69, 9.17) is 35.9 Å². The fourth-order valence-corrected chi connectivity index (χ4v) is 1.66. The first-order valence-electron chi connectivity index (χ1n) is 6.75. The van der Waals surface area contributed by atoms with Crippen LogP contribution in [0.5, 0.6) is 0 Å². The number of hydrogen-bond donors (Lipinski definition) is 0. The lowest BCUT2D eigenvalue weighted by molar-refractivity contribution is -0.173. The van der Waals surface area contributed by atoms with Crippen molar-refractivity contribution >= 4 is 0 Å². The van der Waals surface area contributed by atoms with Crippen LogP contribution in [-0.2, 0) is 18.9 Å². The zero-order valence-corrected chi connectivity index (χ0v) is 12.6. The second-order valence-corrected chi connectivity index (χ2v) is 4.70. The summed E-state index contributed by atoms with van der Waals surface area (Å²) in [4.78, 5) is 0. The molecule has 0 saturated carbocycles. The second kappa shape index (κ2) is 12.0. The maximum absolute atomic E-state index is 8.60. The van der Waals surface area contributed by atoms with Gasteiger partial charge in [-0.05, 0) is 13.8 Å². The molecule has 21 heavy (non-hydrogen) atoms. The summed E-state index contributed by atoms with van der Waals surface area (Å²) in [7, 11) is 0. The molecule has 0 bridgehead atoms. The Hall–Kier alpha value is -1.78. The first kappa shape index (κ1) is 19.2. The quantitative estimate of drug-likeness (QED) is 0.309. The molecule has 0 spiro atoms. The fraction of sp³-hybridized carbons (Fsp3) is 0.733. The summed E-state index contributed by atoms with van der Waals surface area (Å²) in [6.07, 6.45) is 7.48. The number of nitriles is 2. The summed E-state index contributed by atoms with van der Waals surface area (Å²) in [5.74, 6) is 2.48. The van der Waals surface area contributed by atoms with E-state index in [2.05, 4.69) is 5.92 Å². The second-order valence-electron chi connectivity index (χ2n) is 4.70. The van der Waals surface area contributed by atoms with Crippen molar-refractivity contribution in [2.24, 2.45) is 0 Å². The smallest absolute Gasteiger partial charge is 0.286 e. The molecule has 0 aliphatic carbocycles. The van der Waals surface area contributed by atoms with Crippen LogP contribution >= 0.6 is 0 Å². The highest BCUT2D eigenvalue weighted by Gasteiger charge is 2.34. The molecule has 0 aromatic carbocycles. The topological polar surface area (TPSA) is 84.5 Å². The Morgan fingerprint density at radius 3 is 2.14 bits per heavy atom. The summed E-state index contributed by atoms with van der Waals surface area (Å²) < 4.78 is 21.6. The van der Waals surface area contributed by atoms with Gasteiger partial charge >= 0.3 is 0 Å². The molecular weight excluding hydrogens is 272 g/mol. The SMILES string of the molecule is C#CCCOCC(COC#N)(COCCC#N)OC(C)C. The molecule has 0 saturated heterocycles. The van der Waals surface area contributed by atoms with Gasteiger partial charge in [-0.15, -0.1) is 12.3 Å². The van der Waals surface area contributed by atoms with Crippen LogP contribution in [0.4, 0.5) is 0 Å². The molecule has 0 aromatic heterocycles. The van der Waals surface area contributed by atoms with E-state index in [9.17, 15) is 0 Å². The van der Waals surface area contributed by atoms with Crippen molar-refractivity contribution in [1.29, 1.82) is 10.5 Å². The van der Waals surface area contributed by atoms with Crippen LogP contribution in [0.1, 0.15) is 26.7 Å². The van der Waals surface area contributed by atoms with Crippen LogP contribution in [0.25, 0.3) is 0 Å². The summed E-state index contributed by atoms with van der Waals surface area (Å²) in [5, 5.41) is 17.1. The van der Waals surface area contributed by atoms with Crippen molar-refractivity contribution < 1.29 is 18.9 Å². The van der Waals surface area contributed by atoms with Gasteiger partial charge in [-0.3, -0.25) is 0 Å². The van der Waals surface area contributed by atoms with Gasteiger partial charge in [0.1, 0.15) is 12.2 Å². The van der Waals surface area contributed by atoms with E-state index in [0.717, 1.165) is 0 Å². The Morgan fingerprint density at radius 1 is 1.05 bits per heavy atom. The standard InChI is InChI=1S/C15H22N2O4/c1-4-5-8-18-10-15(12-20-13-17,21-14(2)3)11-19-9-6-7-16/h1,14H,5-6,8-12H2,2-3H3. The maximum atomic E-state index is 8.60. The predicted octanol–water partition coefficient (Wildman–Crippen LogP) is 1.62. The van der Waals surface area contributed by atoms with Gasteiger partial charge in [0.15, 0.2) is 0 Å². The van der Waals surface area contributed by atoms with E-state index in [0.29, 0.717) is 13.0 Å². The van der Waals surface area contributed by atoms with E-state index in [-0.39, 0.29) is 39.0 Å².